The van der Waals surface area contributed by atoms with Gasteiger partial charge in [-0.05, 0) is 19.3 Å². The molecule has 0 saturated heterocycles. The van der Waals surface area contributed by atoms with Gasteiger partial charge in [-0.1, -0.05) is 18.6 Å². The third kappa shape index (κ3) is 11.6. The average Bonchev–Trinajstić information content (AvgIpc) is 2.46. The number of hydrogen-bond donors (Lipinski definition) is 1. The maximum absolute atomic E-state index is 11.6. The highest BCUT2D eigenvalue weighted by atomic mass is 127. The summed E-state index contributed by atoms with van der Waals surface area (Å²) in [6, 6.07) is 0. The highest BCUT2D eigenvalue weighted by Gasteiger charge is 2.08. The van der Waals surface area contributed by atoms with E-state index in [1.54, 1.807) is 25.1 Å². The van der Waals surface area contributed by atoms with Gasteiger partial charge in [0.1, 0.15) is 6.54 Å². The van der Waals surface area contributed by atoms with Crippen LogP contribution in [0.5, 0.6) is 0 Å². The number of aliphatic imine (C=N–C) groups is 1. The average molecular weight is 422 g/mol. The van der Waals surface area contributed by atoms with Gasteiger partial charge in [0.15, 0.2) is 5.96 Å². The van der Waals surface area contributed by atoms with Crippen LogP contribution in [-0.2, 0) is 4.79 Å². The zero-order valence-electron chi connectivity index (χ0n) is 14.2. The van der Waals surface area contributed by atoms with E-state index in [1.807, 2.05) is 13.1 Å². The van der Waals surface area contributed by atoms with E-state index in [1.165, 1.54) is 12.8 Å². The first kappa shape index (κ1) is 23.2. The minimum absolute atomic E-state index is 0. The molecule has 0 spiro atoms. The number of nitrogens with zero attached hydrogens (tertiary/aromatic N) is 3. The van der Waals surface area contributed by atoms with Crippen molar-refractivity contribution >= 4 is 35.8 Å². The van der Waals surface area contributed by atoms with Gasteiger partial charge in [0, 0.05) is 34.2 Å². The molecule has 0 atom stereocenters. The Morgan fingerprint density at radius 3 is 2.36 bits per heavy atom. The molecule has 6 heteroatoms. The topological polar surface area (TPSA) is 47.9 Å². The monoisotopic (exact) mass is 422 g/mol. The van der Waals surface area contributed by atoms with E-state index in [4.69, 9.17) is 0 Å². The molecule has 0 radical (unpaired) electrons. The molecule has 0 fully saturated rings. The lowest BCUT2D eigenvalue weighted by Gasteiger charge is -2.22. The van der Waals surface area contributed by atoms with E-state index in [0.717, 1.165) is 25.3 Å². The zero-order valence-corrected chi connectivity index (χ0v) is 16.5. The molecule has 5 nitrogen and oxygen atoms in total. The molecule has 0 rings (SSSR count). The van der Waals surface area contributed by atoms with Gasteiger partial charge in [0.2, 0.25) is 5.91 Å². The lowest BCUT2D eigenvalue weighted by Crippen LogP contribution is -2.40. The summed E-state index contributed by atoms with van der Waals surface area (Å²) >= 11 is 0. The summed E-state index contributed by atoms with van der Waals surface area (Å²) in [5.74, 6) is 0.737. The molecule has 0 aromatic heterocycles. The van der Waals surface area contributed by atoms with E-state index in [2.05, 4.69) is 28.4 Å². The minimum Gasteiger partial charge on any atom is -0.353 e. The van der Waals surface area contributed by atoms with Crippen molar-refractivity contribution < 1.29 is 4.79 Å². The Hall–Kier alpha value is -1.05. The summed E-state index contributed by atoms with van der Waals surface area (Å²) in [5.41, 5.74) is 0. The van der Waals surface area contributed by atoms with Gasteiger partial charge in [-0.2, -0.15) is 0 Å². The lowest BCUT2D eigenvalue weighted by atomic mass is 10.2. The van der Waals surface area contributed by atoms with Gasteiger partial charge < -0.3 is 15.1 Å². The molecule has 0 saturated carbocycles. The molecule has 0 aliphatic carbocycles. The van der Waals surface area contributed by atoms with Crippen molar-refractivity contribution in [1.82, 2.24) is 15.1 Å². The molecule has 1 N–H and O–H groups in total. The maximum Gasteiger partial charge on any atom is 0.243 e. The first-order valence-corrected chi connectivity index (χ1v) is 7.44. The van der Waals surface area contributed by atoms with Crippen molar-refractivity contribution in [2.75, 3.05) is 40.8 Å². The molecule has 0 aromatic rings. The minimum atomic E-state index is -0.00714. The van der Waals surface area contributed by atoms with Crippen LogP contribution >= 0.6 is 24.0 Å². The lowest BCUT2D eigenvalue weighted by molar-refractivity contribution is -0.127. The number of guanidine groups is 1. The van der Waals surface area contributed by atoms with Crippen molar-refractivity contribution in [3.63, 3.8) is 0 Å². The second-order valence-electron chi connectivity index (χ2n) is 5.16. The van der Waals surface area contributed by atoms with E-state index >= 15 is 0 Å². The number of unbranched alkanes of at least 4 members (excludes halogenated alkanes) is 3. The molecule has 1 amide bonds. The fraction of sp³-hybridized carbons (Fsp3) is 0.625. The number of halogens is 1. The van der Waals surface area contributed by atoms with Crippen molar-refractivity contribution in [2.45, 2.75) is 25.7 Å². The molecule has 0 unspecified atom stereocenters. The Balaban J connectivity index is 0. The Morgan fingerprint density at radius 1 is 1.14 bits per heavy atom. The van der Waals surface area contributed by atoms with Gasteiger partial charge in [-0.25, -0.2) is 4.99 Å². The van der Waals surface area contributed by atoms with E-state index in [0.29, 0.717) is 6.54 Å². The summed E-state index contributed by atoms with van der Waals surface area (Å²) in [6.07, 6.45) is 8.23. The van der Waals surface area contributed by atoms with E-state index in [-0.39, 0.29) is 36.4 Å². The van der Waals surface area contributed by atoms with Crippen LogP contribution in [0.4, 0.5) is 0 Å². The Labute approximate surface area is 152 Å². The van der Waals surface area contributed by atoms with E-state index in [9.17, 15) is 4.79 Å². The number of likely N-dealkylation sites (N-methyl/N-ethyl adjacent to an activating group) is 1. The second-order valence-corrected chi connectivity index (χ2v) is 5.16. The molecular formula is C16H31IN4O. The van der Waals surface area contributed by atoms with Crippen LogP contribution < -0.4 is 5.32 Å². The standard InChI is InChI=1S/C16H30N4O.HI/c1-6-8-9-10-11-13-20(5)16(17-12-7-2)18-14-15(21)19(3)4;/h6-7H,1-2,8-14H2,3-5H3,(H,17,18);1H. The normalized spacial score (nSPS) is 10.4. The smallest absolute Gasteiger partial charge is 0.243 e. The van der Waals surface area contributed by atoms with Gasteiger partial charge in [-0.15, -0.1) is 37.1 Å². The van der Waals surface area contributed by atoms with Crippen molar-refractivity contribution in [3.05, 3.63) is 25.3 Å². The molecule has 0 heterocycles. The SMILES string of the molecule is C=CCCCCCN(C)C(=NCC(=O)N(C)C)NCC=C.I. The van der Waals surface area contributed by atoms with Crippen LogP contribution in [0.2, 0.25) is 0 Å². The maximum atomic E-state index is 11.6. The van der Waals surface area contributed by atoms with Crippen LogP contribution in [-0.4, -0.2) is 62.4 Å². The Kier molecular flexibility index (Phi) is 15.7. The molecule has 0 bridgehead atoms. The zero-order chi connectivity index (χ0) is 16.1. The second kappa shape index (κ2) is 14.9. The third-order valence-electron chi connectivity index (χ3n) is 3.03. The van der Waals surface area contributed by atoms with Gasteiger partial charge >= 0.3 is 0 Å². The van der Waals surface area contributed by atoms with Crippen LogP contribution in [0.25, 0.3) is 0 Å². The quantitative estimate of drug-likeness (QED) is 0.194. The molecule has 0 aliphatic heterocycles. The third-order valence-corrected chi connectivity index (χ3v) is 3.03. The first-order chi connectivity index (χ1) is 10.0. The summed E-state index contributed by atoms with van der Waals surface area (Å²) in [7, 11) is 5.46. The van der Waals surface area contributed by atoms with Gasteiger partial charge in [0.05, 0.1) is 0 Å². The molecule has 0 aliphatic rings. The van der Waals surface area contributed by atoms with Crippen LogP contribution in [0.15, 0.2) is 30.3 Å². The number of carbonyl (C=O) groups is 1. The molecular weight excluding hydrogens is 391 g/mol. The number of allylic oxidation sites excluding steroid dienone is 1. The first-order valence-electron chi connectivity index (χ1n) is 7.44. The van der Waals surface area contributed by atoms with Crippen molar-refractivity contribution in [1.29, 1.82) is 0 Å². The fourth-order valence-corrected chi connectivity index (χ4v) is 1.68. The molecule has 128 valence electrons. The van der Waals surface area contributed by atoms with Gasteiger partial charge in [0.25, 0.3) is 0 Å². The number of hydrogen-bond acceptors (Lipinski definition) is 2. The van der Waals surface area contributed by atoms with E-state index < -0.39 is 0 Å². The van der Waals surface area contributed by atoms with Gasteiger partial charge in [-0.3, -0.25) is 4.79 Å². The largest absolute Gasteiger partial charge is 0.353 e. The summed E-state index contributed by atoms with van der Waals surface area (Å²) < 4.78 is 0. The highest BCUT2D eigenvalue weighted by molar-refractivity contribution is 14.0. The Morgan fingerprint density at radius 2 is 1.82 bits per heavy atom. The van der Waals surface area contributed by atoms with Crippen LogP contribution in [0, 0.1) is 0 Å². The number of carbonyl (C=O) groups excluding carboxylic acids is 1. The van der Waals surface area contributed by atoms with Crippen LogP contribution in [0.3, 0.4) is 0 Å². The summed E-state index contributed by atoms with van der Waals surface area (Å²) in [6.45, 7) is 9.12. The summed E-state index contributed by atoms with van der Waals surface area (Å²) in [4.78, 5) is 19.6. The van der Waals surface area contributed by atoms with Crippen LogP contribution in [0.1, 0.15) is 25.7 Å². The number of nitrogens with one attached hydrogen (secondary N) is 1. The number of rotatable bonds is 10. The molecule has 0 aromatic carbocycles. The van der Waals surface area contributed by atoms with Crippen molar-refractivity contribution in [3.8, 4) is 0 Å². The van der Waals surface area contributed by atoms with Crippen molar-refractivity contribution in [2.24, 2.45) is 4.99 Å². The highest BCUT2D eigenvalue weighted by Crippen LogP contribution is 2.01. The predicted molar refractivity (Wildman–Crippen MR) is 106 cm³/mol. The Bertz CT molecular complexity index is 356. The summed E-state index contributed by atoms with van der Waals surface area (Å²) in [5, 5.41) is 3.19. The number of amides is 1. The predicted octanol–water partition coefficient (Wildman–Crippen LogP) is 2.50. The fourth-order valence-electron chi connectivity index (χ4n) is 1.68. The molecule has 22 heavy (non-hydrogen) atoms.